The van der Waals surface area contributed by atoms with Gasteiger partial charge in [-0.1, -0.05) is 36.4 Å². The zero-order valence-corrected chi connectivity index (χ0v) is 11.5. The second-order valence-corrected chi connectivity index (χ2v) is 4.93. The highest BCUT2D eigenvalue weighted by Crippen LogP contribution is 2.11. The monoisotopic (exact) mass is 268 g/mol. The van der Waals surface area contributed by atoms with Gasteiger partial charge in [0.15, 0.2) is 0 Å². The van der Waals surface area contributed by atoms with Crippen LogP contribution in [0.1, 0.15) is 0 Å². The maximum Gasteiger partial charge on any atom is 0.0490 e. The molecule has 0 radical (unpaired) electrons. The van der Waals surface area contributed by atoms with Gasteiger partial charge in [0, 0.05) is 37.6 Å². The summed E-state index contributed by atoms with van der Waals surface area (Å²) in [6.07, 6.45) is 0. The highest BCUT2D eigenvalue weighted by molar-refractivity contribution is 5.42. The van der Waals surface area contributed by atoms with Crippen molar-refractivity contribution in [2.24, 2.45) is 0 Å². The van der Waals surface area contributed by atoms with Crippen LogP contribution in [0, 0.1) is 0 Å². The maximum absolute atomic E-state index is 3.44. The Morgan fingerprint density at radius 1 is 0.550 bits per heavy atom. The van der Waals surface area contributed by atoms with Crippen LogP contribution in [-0.2, 0) is 0 Å². The molecule has 0 spiro atoms. The number of benzene rings is 2. The Hall–Kier alpha value is -2.04. The van der Waals surface area contributed by atoms with Crippen molar-refractivity contribution in [2.75, 3.05) is 37.0 Å². The fraction of sp³-hybridized carbons (Fsp3) is 0.250. The number of anilines is 2. The second-order valence-electron chi connectivity index (χ2n) is 4.93. The molecule has 1 aliphatic heterocycles. The molecule has 0 atom stereocenters. The van der Waals surface area contributed by atoms with Crippen molar-refractivity contribution >= 4 is 11.4 Å². The fourth-order valence-corrected chi connectivity index (χ4v) is 2.32. The molecule has 2 aromatic rings. The Morgan fingerprint density at radius 2 is 0.900 bits per heavy atom. The van der Waals surface area contributed by atoms with Crippen molar-refractivity contribution < 1.29 is 0 Å². The first-order valence-corrected chi connectivity index (χ1v) is 7.03. The van der Waals surface area contributed by atoms with Gasteiger partial charge in [0.1, 0.15) is 0 Å². The normalized spacial score (nSPS) is 16.8. The Labute approximate surface area is 120 Å². The minimum absolute atomic E-state index is 0.995. The predicted octanol–water partition coefficient (Wildman–Crippen LogP) is 2.66. The second kappa shape index (κ2) is 6.41. The molecular formula is C16H20N4. The number of hydrogen-bond donors (Lipinski definition) is 2. The summed E-state index contributed by atoms with van der Waals surface area (Å²) in [6.45, 7) is 3.98. The van der Waals surface area contributed by atoms with Crippen molar-refractivity contribution in [1.29, 1.82) is 0 Å². The molecule has 2 N–H and O–H groups in total. The van der Waals surface area contributed by atoms with Gasteiger partial charge in [-0.3, -0.25) is 0 Å². The number of hydrazine groups is 2. The number of rotatable bonds is 4. The molecule has 0 aliphatic carbocycles. The molecule has 0 aromatic heterocycles. The van der Waals surface area contributed by atoms with Crippen molar-refractivity contribution in [3.63, 3.8) is 0 Å². The third-order valence-corrected chi connectivity index (χ3v) is 3.40. The van der Waals surface area contributed by atoms with Gasteiger partial charge in [-0.05, 0) is 24.3 Å². The number of piperazine rings is 1. The van der Waals surface area contributed by atoms with Crippen molar-refractivity contribution in [3.8, 4) is 0 Å². The molecule has 2 aromatic carbocycles. The van der Waals surface area contributed by atoms with Crippen LogP contribution in [0.15, 0.2) is 60.7 Å². The third kappa shape index (κ3) is 3.50. The van der Waals surface area contributed by atoms with Gasteiger partial charge in [-0.15, -0.1) is 0 Å². The van der Waals surface area contributed by atoms with E-state index in [1.807, 2.05) is 12.1 Å². The van der Waals surface area contributed by atoms with E-state index < -0.39 is 0 Å². The van der Waals surface area contributed by atoms with E-state index in [4.69, 9.17) is 0 Å². The van der Waals surface area contributed by atoms with Gasteiger partial charge in [0.05, 0.1) is 0 Å². The summed E-state index contributed by atoms with van der Waals surface area (Å²) in [5.41, 5.74) is 9.19. The molecule has 0 bridgehead atoms. The Bertz CT molecular complexity index is 457. The Balaban J connectivity index is 1.47. The van der Waals surface area contributed by atoms with Gasteiger partial charge in [0.25, 0.3) is 0 Å². The average molecular weight is 268 g/mol. The smallest absolute Gasteiger partial charge is 0.0490 e. The van der Waals surface area contributed by atoms with E-state index in [2.05, 4.69) is 69.4 Å². The molecular weight excluding hydrogens is 248 g/mol. The van der Waals surface area contributed by atoms with Crippen LogP contribution < -0.4 is 10.9 Å². The van der Waals surface area contributed by atoms with Gasteiger partial charge >= 0.3 is 0 Å². The van der Waals surface area contributed by atoms with E-state index >= 15 is 0 Å². The largest absolute Gasteiger partial charge is 0.319 e. The molecule has 1 saturated heterocycles. The van der Waals surface area contributed by atoms with Gasteiger partial charge in [0.2, 0.25) is 0 Å². The molecule has 0 amide bonds. The summed E-state index contributed by atoms with van der Waals surface area (Å²) in [4.78, 5) is 0. The molecule has 4 nitrogen and oxygen atoms in total. The lowest BCUT2D eigenvalue weighted by atomic mass is 10.3. The zero-order chi connectivity index (χ0) is 13.6. The Kier molecular flexibility index (Phi) is 4.16. The van der Waals surface area contributed by atoms with Crippen LogP contribution in [-0.4, -0.2) is 36.2 Å². The van der Waals surface area contributed by atoms with E-state index in [-0.39, 0.29) is 0 Å². The minimum Gasteiger partial charge on any atom is -0.319 e. The van der Waals surface area contributed by atoms with E-state index in [9.17, 15) is 0 Å². The highest BCUT2D eigenvalue weighted by Gasteiger charge is 2.16. The van der Waals surface area contributed by atoms with Crippen LogP contribution >= 0.6 is 0 Å². The number of hydrogen-bond acceptors (Lipinski definition) is 4. The average Bonchev–Trinajstić information content (AvgIpc) is 2.51. The van der Waals surface area contributed by atoms with E-state index in [1.54, 1.807) is 0 Å². The maximum atomic E-state index is 3.44. The van der Waals surface area contributed by atoms with Crippen molar-refractivity contribution in [3.05, 3.63) is 60.7 Å². The lowest BCUT2D eigenvalue weighted by Crippen LogP contribution is -2.50. The molecule has 0 saturated carbocycles. The van der Waals surface area contributed by atoms with Crippen molar-refractivity contribution in [2.45, 2.75) is 0 Å². The standard InChI is InChI=1S/C16H20N4/c1-3-7-15(8-4-1)17-19-11-13-20(14-12-19)18-16-9-5-2-6-10-16/h1-10,17-18H,11-14H2. The summed E-state index contributed by atoms with van der Waals surface area (Å²) < 4.78 is 0. The van der Waals surface area contributed by atoms with E-state index in [1.165, 1.54) is 0 Å². The first kappa shape index (κ1) is 13.0. The number of nitrogens with one attached hydrogen (secondary N) is 2. The van der Waals surface area contributed by atoms with Gasteiger partial charge in [-0.2, -0.15) is 0 Å². The summed E-state index contributed by atoms with van der Waals surface area (Å²) in [6, 6.07) is 20.6. The van der Waals surface area contributed by atoms with Crippen molar-refractivity contribution in [1.82, 2.24) is 10.0 Å². The lowest BCUT2D eigenvalue weighted by Gasteiger charge is -2.35. The minimum atomic E-state index is 0.995. The summed E-state index contributed by atoms with van der Waals surface area (Å²) in [5, 5.41) is 4.52. The van der Waals surface area contributed by atoms with E-state index in [0.717, 1.165) is 37.6 Å². The predicted molar refractivity (Wildman–Crippen MR) is 83.3 cm³/mol. The first-order valence-electron chi connectivity index (χ1n) is 7.03. The third-order valence-electron chi connectivity index (χ3n) is 3.40. The quantitative estimate of drug-likeness (QED) is 0.892. The Morgan fingerprint density at radius 3 is 1.25 bits per heavy atom. The highest BCUT2D eigenvalue weighted by atomic mass is 15.6. The molecule has 3 rings (SSSR count). The molecule has 4 heteroatoms. The lowest BCUT2D eigenvalue weighted by molar-refractivity contribution is 0.177. The van der Waals surface area contributed by atoms with E-state index in [0.29, 0.717) is 0 Å². The molecule has 1 fully saturated rings. The molecule has 1 aliphatic rings. The fourth-order valence-electron chi connectivity index (χ4n) is 2.32. The van der Waals surface area contributed by atoms with Gasteiger partial charge in [-0.25, -0.2) is 10.0 Å². The first-order chi connectivity index (χ1) is 9.90. The van der Waals surface area contributed by atoms with Gasteiger partial charge < -0.3 is 10.9 Å². The topological polar surface area (TPSA) is 30.5 Å². The van der Waals surface area contributed by atoms with Crippen LogP contribution in [0.4, 0.5) is 11.4 Å². The SMILES string of the molecule is c1ccc(NN2CCN(Nc3ccccc3)CC2)cc1. The molecule has 1 heterocycles. The van der Waals surface area contributed by atoms with Crippen LogP contribution in [0.2, 0.25) is 0 Å². The number of nitrogens with zero attached hydrogens (tertiary/aromatic N) is 2. The summed E-state index contributed by atoms with van der Waals surface area (Å²) in [7, 11) is 0. The summed E-state index contributed by atoms with van der Waals surface area (Å²) in [5.74, 6) is 0. The van der Waals surface area contributed by atoms with Crippen LogP contribution in [0.3, 0.4) is 0 Å². The zero-order valence-electron chi connectivity index (χ0n) is 11.5. The molecule has 104 valence electrons. The van der Waals surface area contributed by atoms with Crippen LogP contribution in [0.25, 0.3) is 0 Å². The van der Waals surface area contributed by atoms with Crippen LogP contribution in [0.5, 0.6) is 0 Å². The number of para-hydroxylation sites is 2. The molecule has 0 unspecified atom stereocenters. The molecule has 20 heavy (non-hydrogen) atoms. The summed E-state index contributed by atoms with van der Waals surface area (Å²) >= 11 is 0.